The van der Waals surface area contributed by atoms with Crippen molar-refractivity contribution in [3.05, 3.63) is 20.7 Å². The van der Waals surface area contributed by atoms with Crippen molar-refractivity contribution in [3.8, 4) is 0 Å². The van der Waals surface area contributed by atoms with Crippen molar-refractivity contribution in [2.45, 2.75) is 19.0 Å². The molecule has 2 atom stereocenters. The van der Waals surface area contributed by atoms with Gasteiger partial charge in [0, 0.05) is 19.1 Å². The lowest BCUT2D eigenvalue weighted by atomic mass is 10.2. The first-order valence-electron chi connectivity index (χ1n) is 8.28. The minimum atomic E-state index is -0.335. The molecule has 13 heteroatoms. The maximum Gasteiger partial charge on any atom is 0.277 e. The summed E-state index contributed by atoms with van der Waals surface area (Å²) >= 11 is 0. The van der Waals surface area contributed by atoms with Gasteiger partial charge in [0.05, 0.1) is 12.6 Å². The van der Waals surface area contributed by atoms with Crippen molar-refractivity contribution in [2.75, 3.05) is 52.4 Å². The van der Waals surface area contributed by atoms with Crippen molar-refractivity contribution < 1.29 is 5.11 Å². The second-order valence-electron chi connectivity index (χ2n) is 6.18. The molecular formula is C14H22N10O3. The number of hydrogen-bond acceptors (Lipinski definition) is 11. The molecule has 2 aromatic heterocycles. The summed E-state index contributed by atoms with van der Waals surface area (Å²) in [5.74, 6) is 1.16. The van der Waals surface area contributed by atoms with Crippen LogP contribution in [0.25, 0.3) is 0 Å². The van der Waals surface area contributed by atoms with Gasteiger partial charge in [0.1, 0.15) is 11.4 Å². The smallest absolute Gasteiger partial charge is 0.277 e. The summed E-state index contributed by atoms with van der Waals surface area (Å²) in [5.41, 5.74) is 11.0. The minimum Gasteiger partial charge on any atom is -0.394 e. The zero-order valence-corrected chi connectivity index (χ0v) is 14.6. The number of rotatable bonds is 1. The number of hydrogen-bond donors (Lipinski definition) is 9. The molecule has 11 N–H and O–H groups in total. The highest BCUT2D eigenvalue weighted by Gasteiger charge is 2.20. The second kappa shape index (κ2) is 7.41. The molecule has 0 aliphatic carbocycles. The molecule has 0 fully saturated rings. The molecule has 2 unspecified atom stereocenters. The van der Waals surface area contributed by atoms with E-state index in [4.69, 9.17) is 16.6 Å². The van der Waals surface area contributed by atoms with Crippen LogP contribution in [0.2, 0.25) is 0 Å². The third-order valence-corrected chi connectivity index (χ3v) is 3.93. The lowest BCUT2D eigenvalue weighted by Crippen LogP contribution is -2.39. The Balaban J connectivity index is 0.000000156. The Kier molecular flexibility index (Phi) is 5.03. The van der Waals surface area contributed by atoms with Gasteiger partial charge in [0.15, 0.2) is 11.6 Å². The molecule has 0 radical (unpaired) electrons. The Morgan fingerprint density at radius 1 is 0.963 bits per heavy atom. The van der Waals surface area contributed by atoms with Gasteiger partial charge in [-0.05, 0) is 6.92 Å². The Labute approximate surface area is 153 Å². The zero-order valence-electron chi connectivity index (χ0n) is 14.6. The number of aromatic nitrogens is 4. The summed E-state index contributed by atoms with van der Waals surface area (Å²) in [6, 6.07) is 0.0491. The number of H-pyrrole nitrogens is 2. The van der Waals surface area contributed by atoms with Crippen LogP contribution in [0.5, 0.6) is 0 Å². The Hall–Kier alpha value is -3.48. The Morgan fingerprint density at radius 3 is 2.04 bits per heavy atom. The van der Waals surface area contributed by atoms with E-state index in [1.165, 1.54) is 0 Å². The molecule has 146 valence electrons. The summed E-state index contributed by atoms with van der Waals surface area (Å²) in [7, 11) is 0. The predicted molar refractivity (Wildman–Crippen MR) is 103 cm³/mol. The van der Waals surface area contributed by atoms with Crippen LogP contribution in [-0.2, 0) is 0 Å². The van der Waals surface area contributed by atoms with E-state index in [0.29, 0.717) is 29.6 Å². The van der Waals surface area contributed by atoms with Crippen molar-refractivity contribution >= 4 is 34.9 Å². The van der Waals surface area contributed by atoms with Crippen LogP contribution in [0.4, 0.5) is 34.9 Å². The molecule has 0 saturated carbocycles. The van der Waals surface area contributed by atoms with E-state index in [-0.39, 0.29) is 41.7 Å². The number of aliphatic hydroxyl groups excluding tert-OH is 1. The van der Waals surface area contributed by atoms with Crippen molar-refractivity contribution in [2.24, 2.45) is 0 Å². The lowest BCUT2D eigenvalue weighted by Gasteiger charge is -2.25. The van der Waals surface area contributed by atoms with E-state index in [1.54, 1.807) is 0 Å². The molecule has 0 amide bonds. The van der Waals surface area contributed by atoms with Crippen molar-refractivity contribution in [1.29, 1.82) is 0 Å². The van der Waals surface area contributed by atoms with E-state index in [1.807, 2.05) is 6.92 Å². The molecule has 2 aliphatic heterocycles. The number of anilines is 6. The van der Waals surface area contributed by atoms with Crippen LogP contribution in [0.1, 0.15) is 6.92 Å². The molecule has 0 aromatic carbocycles. The van der Waals surface area contributed by atoms with Gasteiger partial charge in [-0.1, -0.05) is 0 Å². The molecule has 0 saturated heterocycles. The highest BCUT2D eigenvalue weighted by Crippen LogP contribution is 2.19. The van der Waals surface area contributed by atoms with Crippen molar-refractivity contribution in [3.63, 3.8) is 0 Å². The average molecular weight is 378 g/mol. The predicted octanol–water partition coefficient (Wildman–Crippen LogP) is -1.87. The van der Waals surface area contributed by atoms with Gasteiger partial charge in [-0.3, -0.25) is 19.6 Å². The van der Waals surface area contributed by atoms with Gasteiger partial charge in [-0.25, -0.2) is 0 Å². The monoisotopic (exact) mass is 378 g/mol. The largest absolute Gasteiger partial charge is 0.394 e. The standard InChI is InChI=1S/C7H11N5O2.C7H11N5O/c8-7-11-5-4(6(14)12-7)10-3(2-13)1-9-5;1-3-2-9-5-4(10-3)6(13)12-7(8)11-5/h3,10,13H,1-2H2,(H4,8,9,11,12,14);3,10H,2H2,1H3,(H4,8,9,11,12,13). The van der Waals surface area contributed by atoms with Gasteiger partial charge in [-0.2, -0.15) is 9.97 Å². The molecular weight excluding hydrogens is 356 g/mol. The van der Waals surface area contributed by atoms with Crippen LogP contribution >= 0.6 is 0 Å². The zero-order chi connectivity index (χ0) is 19.6. The lowest BCUT2D eigenvalue weighted by molar-refractivity contribution is 0.277. The fraction of sp³-hybridized carbons (Fsp3) is 0.429. The number of nitrogen functional groups attached to an aromatic ring is 2. The molecule has 4 rings (SSSR count). The van der Waals surface area contributed by atoms with Gasteiger partial charge in [0.25, 0.3) is 11.1 Å². The van der Waals surface area contributed by atoms with Crippen LogP contribution in [0.3, 0.4) is 0 Å². The number of aliphatic hydroxyl groups is 1. The number of nitrogens with one attached hydrogen (secondary N) is 6. The van der Waals surface area contributed by atoms with E-state index in [0.717, 1.165) is 6.54 Å². The summed E-state index contributed by atoms with van der Waals surface area (Å²) in [6.07, 6.45) is 0. The third-order valence-electron chi connectivity index (χ3n) is 3.93. The minimum absolute atomic E-state index is 0.0454. The maximum atomic E-state index is 11.4. The first kappa shape index (κ1) is 18.3. The van der Waals surface area contributed by atoms with Crippen LogP contribution in [0.15, 0.2) is 9.59 Å². The number of fused-ring (bicyclic) bond motifs is 2. The number of aromatic amines is 2. The normalized spacial score (nSPS) is 19.6. The molecule has 0 bridgehead atoms. The van der Waals surface area contributed by atoms with Gasteiger partial charge < -0.3 is 37.8 Å². The molecule has 13 nitrogen and oxygen atoms in total. The van der Waals surface area contributed by atoms with Crippen LogP contribution in [-0.4, -0.2) is 56.8 Å². The summed E-state index contributed by atoms with van der Waals surface area (Å²) in [4.78, 5) is 35.4. The van der Waals surface area contributed by atoms with Gasteiger partial charge in [0.2, 0.25) is 11.9 Å². The molecule has 0 spiro atoms. The molecule has 4 heterocycles. The first-order chi connectivity index (χ1) is 12.9. The van der Waals surface area contributed by atoms with Crippen molar-refractivity contribution in [1.82, 2.24) is 19.9 Å². The van der Waals surface area contributed by atoms with E-state index >= 15 is 0 Å². The molecule has 27 heavy (non-hydrogen) atoms. The first-order valence-corrected chi connectivity index (χ1v) is 8.28. The highest BCUT2D eigenvalue weighted by molar-refractivity contribution is 5.67. The van der Waals surface area contributed by atoms with E-state index in [2.05, 4.69) is 41.2 Å². The Morgan fingerprint density at radius 2 is 1.48 bits per heavy atom. The van der Waals surface area contributed by atoms with E-state index < -0.39 is 0 Å². The van der Waals surface area contributed by atoms with Crippen LogP contribution in [0, 0.1) is 0 Å². The fourth-order valence-electron chi connectivity index (χ4n) is 2.64. The van der Waals surface area contributed by atoms with E-state index in [9.17, 15) is 9.59 Å². The topological polar surface area (TPSA) is 212 Å². The quantitative estimate of drug-likeness (QED) is 0.268. The SMILES string of the molecule is CC1CNc2nc(N)[nH]c(=O)c2N1.Nc1nc2c(c(=O)[nH]1)NC(CO)CN2. The summed E-state index contributed by atoms with van der Waals surface area (Å²) in [5, 5.41) is 20.7. The molecule has 2 aliphatic rings. The summed E-state index contributed by atoms with van der Waals surface area (Å²) in [6.45, 7) is 3.18. The second-order valence-corrected chi connectivity index (χ2v) is 6.18. The number of nitrogens with two attached hydrogens (primary N) is 2. The van der Waals surface area contributed by atoms with Gasteiger partial charge in [-0.15, -0.1) is 0 Å². The highest BCUT2D eigenvalue weighted by atomic mass is 16.3. The van der Waals surface area contributed by atoms with Gasteiger partial charge >= 0.3 is 0 Å². The summed E-state index contributed by atoms with van der Waals surface area (Å²) < 4.78 is 0. The maximum absolute atomic E-state index is 11.4. The number of nitrogens with zero attached hydrogens (tertiary/aromatic N) is 2. The van der Waals surface area contributed by atoms with Crippen LogP contribution < -0.4 is 43.9 Å². The molecule has 2 aromatic rings. The Bertz CT molecular complexity index is 940. The fourth-order valence-corrected chi connectivity index (χ4v) is 2.64. The average Bonchev–Trinajstić information content (AvgIpc) is 2.62. The third kappa shape index (κ3) is 4.03.